The maximum Gasteiger partial charge on any atom is 0.411 e. The minimum absolute atomic E-state index is 0.0199. The topological polar surface area (TPSA) is 67.9 Å². The Morgan fingerprint density at radius 1 is 1.36 bits per heavy atom. The van der Waals surface area contributed by atoms with Crippen LogP contribution in [0, 0.1) is 0 Å². The zero-order valence-corrected chi connectivity index (χ0v) is 13.6. The molecule has 9 heteroatoms. The van der Waals surface area contributed by atoms with Gasteiger partial charge in [0.25, 0.3) is 5.91 Å². The van der Waals surface area contributed by atoms with Crippen LogP contribution in [-0.2, 0) is 14.3 Å². The van der Waals surface area contributed by atoms with E-state index in [-0.39, 0.29) is 37.9 Å². The fourth-order valence-electron chi connectivity index (χ4n) is 2.34. The van der Waals surface area contributed by atoms with E-state index in [1.54, 1.807) is 31.2 Å². The first kappa shape index (κ1) is 19.0. The third-order valence-corrected chi connectivity index (χ3v) is 3.47. The van der Waals surface area contributed by atoms with E-state index in [2.05, 4.69) is 10.1 Å². The third kappa shape index (κ3) is 5.63. The molecule has 2 amide bonds. The van der Waals surface area contributed by atoms with Gasteiger partial charge in [-0.3, -0.25) is 9.59 Å². The number of rotatable bonds is 7. The molecule has 0 saturated carbocycles. The monoisotopic (exact) mass is 360 g/mol. The van der Waals surface area contributed by atoms with Gasteiger partial charge in [-0.15, -0.1) is 0 Å². The third-order valence-electron chi connectivity index (χ3n) is 3.47. The summed E-state index contributed by atoms with van der Waals surface area (Å²) in [6.07, 6.45) is -5.01. The smallest absolute Gasteiger partial charge is 0.411 e. The minimum atomic E-state index is -4.38. The molecule has 6 nitrogen and oxygen atoms in total. The number of hydrogen-bond acceptors (Lipinski definition) is 4. The quantitative estimate of drug-likeness (QED) is 0.754. The average molecular weight is 360 g/mol. The summed E-state index contributed by atoms with van der Waals surface area (Å²) in [4.78, 5) is 25.5. The van der Waals surface area contributed by atoms with E-state index < -0.39 is 18.9 Å². The van der Waals surface area contributed by atoms with E-state index in [0.717, 1.165) is 0 Å². The van der Waals surface area contributed by atoms with Crippen LogP contribution in [-0.4, -0.2) is 50.4 Å². The highest BCUT2D eigenvalue weighted by Gasteiger charge is 2.31. The van der Waals surface area contributed by atoms with Crippen LogP contribution in [0.2, 0.25) is 0 Å². The molecule has 0 aromatic heterocycles. The van der Waals surface area contributed by atoms with Gasteiger partial charge in [-0.05, 0) is 19.1 Å². The Hall–Kier alpha value is -2.29. The molecule has 1 aromatic carbocycles. The fraction of sp³-hybridized carbons (Fsp3) is 0.500. The number of hydrogen-bond donors (Lipinski definition) is 1. The Kier molecular flexibility index (Phi) is 6.24. The molecule has 1 atom stereocenters. The molecule has 0 bridgehead atoms. The van der Waals surface area contributed by atoms with Crippen molar-refractivity contribution in [1.82, 2.24) is 5.32 Å². The molecule has 0 spiro atoms. The second-order valence-corrected chi connectivity index (χ2v) is 5.49. The molecule has 0 aliphatic carbocycles. The summed E-state index contributed by atoms with van der Waals surface area (Å²) in [5.41, 5.74) is 0.590. The predicted octanol–water partition coefficient (Wildman–Crippen LogP) is 1.89. The lowest BCUT2D eigenvalue weighted by molar-refractivity contribution is -0.173. The number of halogens is 3. The predicted molar refractivity (Wildman–Crippen MR) is 83.4 cm³/mol. The molecule has 138 valence electrons. The second-order valence-electron chi connectivity index (χ2n) is 5.49. The zero-order chi connectivity index (χ0) is 18.4. The van der Waals surface area contributed by atoms with Gasteiger partial charge in [0.2, 0.25) is 5.91 Å². The van der Waals surface area contributed by atoms with E-state index in [4.69, 9.17) is 4.74 Å². The molecule has 1 aromatic rings. The van der Waals surface area contributed by atoms with Gasteiger partial charge in [-0.2, -0.15) is 13.2 Å². The highest BCUT2D eigenvalue weighted by Crippen LogP contribution is 2.33. The van der Waals surface area contributed by atoms with Gasteiger partial charge < -0.3 is 19.7 Å². The Bertz CT molecular complexity index is 622. The first-order chi connectivity index (χ1) is 11.8. The van der Waals surface area contributed by atoms with Crippen LogP contribution in [0.5, 0.6) is 5.75 Å². The summed E-state index contributed by atoms with van der Waals surface area (Å²) >= 11 is 0. The summed E-state index contributed by atoms with van der Waals surface area (Å²) in [6, 6.07) is 7.01. The van der Waals surface area contributed by atoms with Crippen molar-refractivity contribution in [2.24, 2.45) is 0 Å². The normalized spacial score (nSPS) is 17.0. The molecule has 0 saturated heterocycles. The number of ether oxygens (including phenoxy) is 2. The van der Waals surface area contributed by atoms with Gasteiger partial charge in [-0.1, -0.05) is 12.1 Å². The standard InChI is InChI=1S/C16H19F3N2O4/c1-11-15(23)21(12-4-2-3-5-13(12)25-11)8-6-14(22)20-7-9-24-10-16(17,18)19/h2-5,11H,6-10H2,1H3,(H,20,22). The van der Waals surface area contributed by atoms with Gasteiger partial charge in [0.1, 0.15) is 12.4 Å². The van der Waals surface area contributed by atoms with Crippen LogP contribution >= 0.6 is 0 Å². The maximum absolute atomic E-state index is 12.2. The molecule has 0 fully saturated rings. The van der Waals surface area contributed by atoms with Crippen molar-refractivity contribution >= 4 is 17.5 Å². The number of alkyl halides is 3. The van der Waals surface area contributed by atoms with E-state index in [0.29, 0.717) is 11.4 Å². The number of carbonyl (C=O) groups is 2. The highest BCUT2D eigenvalue weighted by atomic mass is 19.4. The first-order valence-electron chi connectivity index (χ1n) is 7.76. The molecule has 25 heavy (non-hydrogen) atoms. The van der Waals surface area contributed by atoms with Gasteiger partial charge >= 0.3 is 6.18 Å². The van der Waals surface area contributed by atoms with Crippen molar-refractivity contribution < 1.29 is 32.2 Å². The zero-order valence-electron chi connectivity index (χ0n) is 13.6. The van der Waals surface area contributed by atoms with E-state index in [1.165, 1.54) is 4.90 Å². The Morgan fingerprint density at radius 3 is 2.80 bits per heavy atom. The molecular formula is C16H19F3N2O4. The SMILES string of the molecule is CC1Oc2ccccc2N(CCC(=O)NCCOCC(F)(F)F)C1=O. The van der Waals surface area contributed by atoms with Crippen molar-refractivity contribution in [1.29, 1.82) is 0 Å². The largest absolute Gasteiger partial charge is 0.479 e. The van der Waals surface area contributed by atoms with Crippen molar-refractivity contribution in [3.05, 3.63) is 24.3 Å². The number of benzene rings is 1. The lowest BCUT2D eigenvalue weighted by Crippen LogP contribution is -2.45. The van der Waals surface area contributed by atoms with Crippen molar-refractivity contribution in [3.63, 3.8) is 0 Å². The van der Waals surface area contributed by atoms with E-state index in [1.807, 2.05) is 0 Å². The van der Waals surface area contributed by atoms with Gasteiger partial charge in [-0.25, -0.2) is 0 Å². The summed E-state index contributed by atoms with van der Waals surface area (Å²) in [7, 11) is 0. The average Bonchev–Trinajstić information content (AvgIpc) is 2.54. The molecule has 1 aliphatic heterocycles. The lowest BCUT2D eigenvalue weighted by Gasteiger charge is -2.32. The molecule has 0 radical (unpaired) electrons. The second kappa shape index (κ2) is 8.19. The summed E-state index contributed by atoms with van der Waals surface area (Å²) in [5.74, 6) is -0.0596. The summed E-state index contributed by atoms with van der Waals surface area (Å²) in [5, 5.41) is 2.46. The van der Waals surface area contributed by atoms with Crippen LogP contribution in [0.4, 0.5) is 18.9 Å². The van der Waals surface area contributed by atoms with E-state index >= 15 is 0 Å². The maximum atomic E-state index is 12.2. The number of carbonyl (C=O) groups excluding carboxylic acids is 2. The Balaban J connectivity index is 1.78. The molecular weight excluding hydrogens is 341 g/mol. The number of nitrogens with one attached hydrogen (secondary N) is 1. The summed E-state index contributed by atoms with van der Waals surface area (Å²) < 4.78 is 45.6. The summed E-state index contributed by atoms with van der Waals surface area (Å²) in [6.45, 7) is 0.169. The van der Waals surface area contributed by atoms with Crippen LogP contribution in [0.25, 0.3) is 0 Å². The van der Waals surface area contributed by atoms with Gasteiger partial charge in [0, 0.05) is 19.5 Å². The molecule has 1 unspecified atom stereocenters. The molecule has 1 heterocycles. The first-order valence-corrected chi connectivity index (χ1v) is 7.76. The highest BCUT2D eigenvalue weighted by molar-refractivity contribution is 6.00. The van der Waals surface area contributed by atoms with Crippen molar-refractivity contribution in [2.75, 3.05) is 31.2 Å². The number of amides is 2. The Morgan fingerprint density at radius 2 is 2.08 bits per heavy atom. The number of fused-ring (bicyclic) bond motifs is 1. The van der Waals surface area contributed by atoms with Crippen molar-refractivity contribution in [2.45, 2.75) is 25.6 Å². The lowest BCUT2D eigenvalue weighted by atomic mass is 10.1. The minimum Gasteiger partial charge on any atom is -0.479 e. The van der Waals surface area contributed by atoms with Crippen LogP contribution in [0.3, 0.4) is 0 Å². The Labute approximate surface area is 142 Å². The van der Waals surface area contributed by atoms with Crippen LogP contribution in [0.1, 0.15) is 13.3 Å². The molecule has 2 rings (SSSR count). The van der Waals surface area contributed by atoms with Crippen LogP contribution in [0.15, 0.2) is 24.3 Å². The van der Waals surface area contributed by atoms with Crippen LogP contribution < -0.4 is 15.0 Å². The number of nitrogens with zero attached hydrogens (tertiary/aromatic N) is 1. The number of para-hydroxylation sites is 2. The fourth-order valence-corrected chi connectivity index (χ4v) is 2.34. The molecule has 1 aliphatic rings. The van der Waals surface area contributed by atoms with E-state index in [9.17, 15) is 22.8 Å². The number of anilines is 1. The van der Waals surface area contributed by atoms with Crippen molar-refractivity contribution in [3.8, 4) is 5.75 Å². The van der Waals surface area contributed by atoms with Gasteiger partial charge in [0.15, 0.2) is 6.10 Å². The molecule has 1 N–H and O–H groups in total. The van der Waals surface area contributed by atoms with Gasteiger partial charge in [0.05, 0.1) is 12.3 Å².